The van der Waals surface area contributed by atoms with Crippen molar-refractivity contribution in [1.29, 1.82) is 0 Å². The van der Waals surface area contributed by atoms with Crippen LogP contribution in [0, 0.1) is 0 Å². The first kappa shape index (κ1) is 12.6. The van der Waals surface area contributed by atoms with Gasteiger partial charge in [0.15, 0.2) is 6.61 Å². The van der Waals surface area contributed by atoms with E-state index in [9.17, 15) is 0 Å². The Kier molecular flexibility index (Phi) is 4.30. The van der Waals surface area contributed by atoms with E-state index < -0.39 is 0 Å². The van der Waals surface area contributed by atoms with E-state index in [2.05, 4.69) is 10.1 Å². The van der Waals surface area contributed by atoms with Gasteiger partial charge < -0.3 is 15.0 Å². The molecule has 1 unspecified atom stereocenters. The highest BCUT2D eigenvalue weighted by atomic mass is 16.5. The minimum absolute atomic E-state index is 0.0633. The maximum atomic E-state index is 5.82. The largest absolute Gasteiger partial charge is 0.485 e. The summed E-state index contributed by atoms with van der Waals surface area (Å²) in [4.78, 5) is 4.23. The van der Waals surface area contributed by atoms with Gasteiger partial charge in [-0.25, -0.2) is 0 Å². The molecule has 0 aliphatic rings. The Balaban J connectivity index is 1.87. The van der Waals surface area contributed by atoms with Gasteiger partial charge in [-0.2, -0.15) is 4.98 Å². The van der Waals surface area contributed by atoms with Crippen molar-refractivity contribution in [1.82, 2.24) is 10.1 Å². The van der Waals surface area contributed by atoms with Crippen LogP contribution in [0.15, 0.2) is 34.9 Å². The third-order valence-electron chi connectivity index (χ3n) is 2.58. The van der Waals surface area contributed by atoms with Gasteiger partial charge in [-0.05, 0) is 18.6 Å². The van der Waals surface area contributed by atoms with Crippen molar-refractivity contribution in [3.8, 4) is 5.75 Å². The van der Waals surface area contributed by atoms with Crippen LogP contribution < -0.4 is 10.5 Å². The third kappa shape index (κ3) is 3.56. The summed E-state index contributed by atoms with van der Waals surface area (Å²) in [5.41, 5.74) is 5.82. The molecule has 0 bridgehead atoms. The van der Waals surface area contributed by atoms with E-state index in [1.165, 1.54) is 0 Å². The topological polar surface area (TPSA) is 74.2 Å². The van der Waals surface area contributed by atoms with Gasteiger partial charge in [-0.3, -0.25) is 0 Å². The van der Waals surface area contributed by atoms with E-state index in [0.717, 1.165) is 12.2 Å². The number of nitrogens with two attached hydrogens (primary N) is 1. The van der Waals surface area contributed by atoms with E-state index in [1.807, 2.05) is 37.3 Å². The van der Waals surface area contributed by atoms with Crippen LogP contribution in [0.1, 0.15) is 25.1 Å². The molecule has 2 N–H and O–H groups in total. The predicted molar refractivity (Wildman–Crippen MR) is 67.0 cm³/mol. The second-order valence-corrected chi connectivity index (χ2v) is 4.08. The number of hydrogen-bond acceptors (Lipinski definition) is 5. The summed E-state index contributed by atoms with van der Waals surface area (Å²) in [7, 11) is 0. The molecule has 0 aliphatic heterocycles. The van der Waals surface area contributed by atoms with Crippen molar-refractivity contribution in [2.75, 3.05) is 0 Å². The molecule has 2 aromatic rings. The fourth-order valence-electron chi connectivity index (χ4n) is 1.46. The van der Waals surface area contributed by atoms with Crippen molar-refractivity contribution in [2.24, 2.45) is 5.73 Å². The van der Waals surface area contributed by atoms with Gasteiger partial charge in [0.05, 0.1) is 0 Å². The molecule has 1 aromatic carbocycles. The molecule has 0 spiro atoms. The first-order valence-electron chi connectivity index (χ1n) is 6.03. The highest BCUT2D eigenvalue weighted by Crippen LogP contribution is 2.10. The average molecular weight is 247 g/mol. The summed E-state index contributed by atoms with van der Waals surface area (Å²) in [5.74, 6) is 1.89. The second-order valence-electron chi connectivity index (χ2n) is 4.08. The Bertz CT molecular complexity index is 470. The fourth-order valence-corrected chi connectivity index (χ4v) is 1.46. The smallest absolute Gasteiger partial charge is 0.228 e. The molecule has 5 heteroatoms. The summed E-state index contributed by atoms with van der Waals surface area (Å²) in [6.07, 6.45) is 1.49. The molecular formula is C13H17N3O2. The fraction of sp³-hybridized carbons (Fsp3) is 0.385. The number of rotatable bonds is 6. The molecule has 0 amide bonds. The summed E-state index contributed by atoms with van der Waals surface area (Å²) in [6, 6.07) is 9.59. The number of aromatic nitrogens is 2. The van der Waals surface area contributed by atoms with Crippen LogP contribution in [-0.4, -0.2) is 16.2 Å². The molecule has 0 fully saturated rings. The van der Waals surface area contributed by atoms with Gasteiger partial charge in [-0.1, -0.05) is 30.3 Å². The molecule has 0 radical (unpaired) electrons. The van der Waals surface area contributed by atoms with Crippen LogP contribution in [-0.2, 0) is 13.0 Å². The number of hydrogen-bond donors (Lipinski definition) is 1. The minimum atomic E-state index is 0.0633. The van der Waals surface area contributed by atoms with Crippen molar-refractivity contribution in [2.45, 2.75) is 32.4 Å². The SMILES string of the molecule is CCC(N)Cc1nc(COc2ccccc2)no1. The third-order valence-corrected chi connectivity index (χ3v) is 2.58. The normalized spacial score (nSPS) is 12.3. The van der Waals surface area contributed by atoms with E-state index in [4.69, 9.17) is 15.0 Å². The monoisotopic (exact) mass is 247 g/mol. The Morgan fingerprint density at radius 3 is 2.83 bits per heavy atom. The van der Waals surface area contributed by atoms with Crippen molar-refractivity contribution in [3.05, 3.63) is 42.0 Å². The molecule has 1 heterocycles. The first-order chi connectivity index (χ1) is 8.78. The molecule has 18 heavy (non-hydrogen) atoms. The van der Waals surface area contributed by atoms with E-state index in [0.29, 0.717) is 24.7 Å². The van der Waals surface area contributed by atoms with Crippen molar-refractivity contribution >= 4 is 0 Å². The lowest BCUT2D eigenvalue weighted by atomic mass is 10.2. The molecule has 1 atom stereocenters. The maximum Gasteiger partial charge on any atom is 0.228 e. The summed E-state index contributed by atoms with van der Waals surface area (Å²) < 4.78 is 10.6. The van der Waals surface area contributed by atoms with E-state index >= 15 is 0 Å². The minimum Gasteiger partial charge on any atom is -0.485 e. The predicted octanol–water partition coefficient (Wildman–Crippen LogP) is 1.93. The number of ether oxygens (including phenoxy) is 1. The van der Waals surface area contributed by atoms with Crippen LogP contribution in [0.2, 0.25) is 0 Å². The summed E-state index contributed by atoms with van der Waals surface area (Å²) in [6.45, 7) is 2.33. The van der Waals surface area contributed by atoms with E-state index in [-0.39, 0.29) is 6.04 Å². The van der Waals surface area contributed by atoms with E-state index in [1.54, 1.807) is 0 Å². The lowest BCUT2D eigenvalue weighted by molar-refractivity contribution is 0.284. The second kappa shape index (κ2) is 6.16. The molecule has 0 saturated carbocycles. The van der Waals surface area contributed by atoms with Gasteiger partial charge in [0, 0.05) is 12.5 Å². The molecule has 2 rings (SSSR count). The molecule has 0 aliphatic carbocycles. The number of nitrogens with zero attached hydrogens (tertiary/aromatic N) is 2. The zero-order chi connectivity index (χ0) is 12.8. The summed E-state index contributed by atoms with van der Waals surface area (Å²) >= 11 is 0. The lowest BCUT2D eigenvalue weighted by Crippen LogP contribution is -2.21. The Morgan fingerprint density at radius 2 is 2.11 bits per heavy atom. The highest BCUT2D eigenvalue weighted by molar-refractivity contribution is 5.20. The van der Waals surface area contributed by atoms with Crippen LogP contribution >= 0.6 is 0 Å². The summed E-state index contributed by atoms with van der Waals surface area (Å²) in [5, 5.41) is 3.85. The van der Waals surface area contributed by atoms with Crippen LogP contribution in [0.3, 0.4) is 0 Å². The number of para-hydroxylation sites is 1. The Morgan fingerprint density at radius 1 is 1.33 bits per heavy atom. The first-order valence-corrected chi connectivity index (χ1v) is 6.03. The molecular weight excluding hydrogens is 230 g/mol. The number of benzene rings is 1. The Hall–Kier alpha value is -1.88. The standard InChI is InChI=1S/C13H17N3O2/c1-2-10(14)8-13-15-12(16-18-13)9-17-11-6-4-3-5-7-11/h3-7,10H,2,8-9,14H2,1H3. The van der Waals surface area contributed by atoms with Gasteiger partial charge in [0.2, 0.25) is 11.7 Å². The van der Waals surface area contributed by atoms with Gasteiger partial charge in [0.1, 0.15) is 5.75 Å². The Labute approximate surface area is 106 Å². The zero-order valence-electron chi connectivity index (χ0n) is 10.4. The van der Waals surface area contributed by atoms with Crippen molar-refractivity contribution in [3.63, 3.8) is 0 Å². The van der Waals surface area contributed by atoms with Gasteiger partial charge in [-0.15, -0.1) is 0 Å². The highest BCUT2D eigenvalue weighted by Gasteiger charge is 2.10. The molecule has 0 saturated heterocycles. The van der Waals surface area contributed by atoms with Crippen molar-refractivity contribution < 1.29 is 9.26 Å². The lowest BCUT2D eigenvalue weighted by Gasteiger charge is -2.03. The molecule has 5 nitrogen and oxygen atoms in total. The van der Waals surface area contributed by atoms with Crippen LogP contribution in [0.25, 0.3) is 0 Å². The average Bonchev–Trinajstić information content (AvgIpc) is 2.85. The van der Waals surface area contributed by atoms with Crippen LogP contribution in [0.4, 0.5) is 0 Å². The zero-order valence-corrected chi connectivity index (χ0v) is 10.4. The van der Waals surface area contributed by atoms with Gasteiger partial charge >= 0.3 is 0 Å². The quantitative estimate of drug-likeness (QED) is 0.844. The molecule has 96 valence electrons. The van der Waals surface area contributed by atoms with Gasteiger partial charge in [0.25, 0.3) is 0 Å². The van der Waals surface area contributed by atoms with Crippen LogP contribution in [0.5, 0.6) is 5.75 Å². The maximum absolute atomic E-state index is 5.82. The molecule has 1 aromatic heterocycles.